The summed E-state index contributed by atoms with van der Waals surface area (Å²) in [7, 11) is -3.62. The fraction of sp³-hybridized carbons (Fsp3) is 0.500. The van der Waals surface area contributed by atoms with E-state index in [1.165, 1.54) is 0 Å². The smallest absolute Gasteiger partial charge is 0.347 e. The highest BCUT2D eigenvalue weighted by Crippen LogP contribution is 2.70. The van der Waals surface area contributed by atoms with Gasteiger partial charge in [0, 0.05) is 11.0 Å². The first-order valence-electron chi connectivity index (χ1n) is 7.23. The molecule has 1 fully saturated rings. The van der Waals surface area contributed by atoms with Gasteiger partial charge in [0.15, 0.2) is 5.16 Å². The summed E-state index contributed by atoms with van der Waals surface area (Å²) in [5.74, 6) is 0.711. The average Bonchev–Trinajstić information content (AvgIpc) is 2.48. The molecule has 0 amide bonds. The van der Waals surface area contributed by atoms with E-state index in [0.29, 0.717) is 24.5 Å². The molecule has 2 heterocycles. The molecule has 3 rings (SSSR count). The van der Waals surface area contributed by atoms with Gasteiger partial charge in [0.2, 0.25) is 0 Å². The quantitative estimate of drug-likeness (QED) is 0.799. The van der Waals surface area contributed by atoms with E-state index in [9.17, 15) is 9.67 Å². The minimum absolute atomic E-state index is 0.196. The fourth-order valence-electron chi connectivity index (χ4n) is 2.66. The summed E-state index contributed by atoms with van der Waals surface area (Å²) in [5, 5.41) is 9.49. The first-order chi connectivity index (χ1) is 10.2. The van der Waals surface area contributed by atoms with Gasteiger partial charge in [-0.3, -0.25) is 4.57 Å². The molecular weight excluding hydrogens is 303 g/mol. The molecule has 22 heavy (non-hydrogen) atoms. The third-order valence-electron chi connectivity index (χ3n) is 4.36. The average molecular weight is 324 g/mol. The molecule has 2 aliphatic heterocycles. The Kier molecular flexibility index (Phi) is 3.53. The van der Waals surface area contributed by atoms with Gasteiger partial charge in [-0.2, -0.15) is 0 Å². The lowest BCUT2D eigenvalue weighted by atomic mass is 9.92. The van der Waals surface area contributed by atoms with Crippen LogP contribution in [0.2, 0.25) is 0 Å². The number of aliphatic hydroxyl groups is 1. The Labute approximate surface area is 130 Å². The molecule has 1 N–H and O–H groups in total. The predicted molar refractivity (Wildman–Crippen MR) is 82.9 cm³/mol. The summed E-state index contributed by atoms with van der Waals surface area (Å²) in [6.07, 6.45) is -1.07. The largest absolute Gasteiger partial charge is 0.461 e. The Morgan fingerprint density at radius 1 is 1.23 bits per heavy atom. The van der Waals surface area contributed by atoms with Crippen LogP contribution >= 0.6 is 7.60 Å². The van der Waals surface area contributed by atoms with Crippen LogP contribution in [0.3, 0.4) is 0 Å². The number of fused-ring (bicyclic) bond motifs is 1. The van der Waals surface area contributed by atoms with Crippen LogP contribution in [0.4, 0.5) is 0 Å². The molecule has 0 aliphatic carbocycles. The van der Waals surface area contributed by atoms with E-state index < -0.39 is 18.9 Å². The summed E-state index contributed by atoms with van der Waals surface area (Å²) in [6, 6.07) is 7.08. The molecule has 6 heteroatoms. The van der Waals surface area contributed by atoms with E-state index in [1.54, 1.807) is 31.2 Å². The monoisotopic (exact) mass is 324 g/mol. The molecule has 0 aromatic heterocycles. The summed E-state index contributed by atoms with van der Waals surface area (Å²) >= 11 is 0. The summed E-state index contributed by atoms with van der Waals surface area (Å²) in [6.45, 7) is 10.0. The second-order valence-electron chi connectivity index (χ2n) is 6.82. The molecule has 0 radical (unpaired) electrons. The van der Waals surface area contributed by atoms with Crippen molar-refractivity contribution in [1.29, 1.82) is 0 Å². The number of ether oxygens (including phenoxy) is 1. The van der Waals surface area contributed by atoms with Crippen LogP contribution in [0.15, 0.2) is 36.6 Å². The Balaban J connectivity index is 2.02. The molecule has 5 nitrogen and oxygen atoms in total. The maximum absolute atomic E-state index is 13.3. The predicted octanol–water partition coefficient (Wildman–Crippen LogP) is 3.65. The summed E-state index contributed by atoms with van der Waals surface area (Å²) < 4.78 is 30.2. The van der Waals surface area contributed by atoms with Gasteiger partial charge >= 0.3 is 7.60 Å². The molecule has 1 aromatic rings. The molecular formula is C16H21O5P. The second-order valence-corrected chi connectivity index (χ2v) is 9.26. The first-order valence-corrected chi connectivity index (χ1v) is 8.77. The molecule has 0 unspecified atom stereocenters. The van der Waals surface area contributed by atoms with Gasteiger partial charge in [-0.1, -0.05) is 38.6 Å². The minimum Gasteiger partial charge on any atom is -0.461 e. The molecule has 0 bridgehead atoms. The molecule has 0 saturated carbocycles. The van der Waals surface area contributed by atoms with Crippen molar-refractivity contribution >= 4 is 7.60 Å². The third kappa shape index (κ3) is 2.16. The van der Waals surface area contributed by atoms with Crippen LogP contribution in [-0.4, -0.2) is 23.5 Å². The maximum Gasteiger partial charge on any atom is 0.347 e. The Morgan fingerprint density at radius 3 is 2.45 bits per heavy atom. The van der Waals surface area contributed by atoms with Gasteiger partial charge in [0.25, 0.3) is 0 Å². The van der Waals surface area contributed by atoms with E-state index in [-0.39, 0.29) is 11.2 Å². The second kappa shape index (κ2) is 4.93. The summed E-state index contributed by atoms with van der Waals surface area (Å²) in [4.78, 5) is 0. The molecule has 120 valence electrons. The number of benzene rings is 1. The topological polar surface area (TPSA) is 65.0 Å². The van der Waals surface area contributed by atoms with Gasteiger partial charge in [0.1, 0.15) is 17.6 Å². The molecule has 1 saturated heterocycles. The number of rotatable bonds is 1. The van der Waals surface area contributed by atoms with Gasteiger partial charge in [-0.15, -0.1) is 0 Å². The standard InChI is InChI=1S/C16H21O5P/c1-11-16(4,22(18)19-9-15(2,3)10-20-22)14(17)12-7-5-6-8-13(12)21-11/h5-8,14,17H,1,9-10H2,2-4H3/t14-,16-/m0/s1. The fourth-order valence-corrected chi connectivity index (χ4v) is 5.10. The zero-order valence-corrected chi connectivity index (χ0v) is 13.9. The number of aliphatic hydroxyl groups excluding tert-OH is 1. The third-order valence-corrected chi connectivity index (χ3v) is 6.93. The van der Waals surface area contributed by atoms with E-state index >= 15 is 0 Å². The van der Waals surface area contributed by atoms with Crippen LogP contribution in [0.25, 0.3) is 0 Å². The lowest BCUT2D eigenvalue weighted by molar-refractivity contribution is 0.0139. The zero-order chi connectivity index (χ0) is 16.2. The normalized spacial score (nSPS) is 32.9. The van der Waals surface area contributed by atoms with Crippen molar-refractivity contribution in [2.75, 3.05) is 13.2 Å². The van der Waals surface area contributed by atoms with Crippen molar-refractivity contribution in [3.63, 3.8) is 0 Å². The number of hydrogen-bond donors (Lipinski definition) is 1. The number of hydrogen-bond acceptors (Lipinski definition) is 5. The van der Waals surface area contributed by atoms with Crippen molar-refractivity contribution < 1.29 is 23.5 Å². The Hall–Kier alpha value is -1.13. The Bertz CT molecular complexity index is 654. The highest BCUT2D eigenvalue weighted by molar-refractivity contribution is 7.56. The van der Waals surface area contributed by atoms with Crippen molar-refractivity contribution in [2.45, 2.75) is 32.0 Å². The van der Waals surface area contributed by atoms with Crippen molar-refractivity contribution in [2.24, 2.45) is 5.41 Å². The highest BCUT2D eigenvalue weighted by atomic mass is 31.2. The highest BCUT2D eigenvalue weighted by Gasteiger charge is 2.60. The zero-order valence-electron chi connectivity index (χ0n) is 13.0. The lowest BCUT2D eigenvalue weighted by Gasteiger charge is -2.46. The molecule has 2 aliphatic rings. The van der Waals surface area contributed by atoms with Crippen LogP contribution in [0.5, 0.6) is 5.75 Å². The van der Waals surface area contributed by atoms with Crippen molar-refractivity contribution in [3.8, 4) is 5.75 Å². The van der Waals surface area contributed by atoms with Crippen LogP contribution in [0, 0.1) is 5.41 Å². The molecule has 0 spiro atoms. The van der Waals surface area contributed by atoms with E-state index in [2.05, 4.69) is 6.58 Å². The Morgan fingerprint density at radius 2 is 1.82 bits per heavy atom. The molecule has 1 aromatic carbocycles. The summed E-state index contributed by atoms with van der Waals surface area (Å²) in [5.41, 5.74) is 0.342. The lowest BCUT2D eigenvalue weighted by Crippen LogP contribution is -2.44. The SMILES string of the molecule is C=C1Oc2ccccc2[C@H](O)[C@@]1(C)P1(=O)OCC(C)(C)CO1. The van der Waals surface area contributed by atoms with Crippen LogP contribution in [0.1, 0.15) is 32.4 Å². The van der Waals surface area contributed by atoms with Gasteiger partial charge in [-0.25, -0.2) is 0 Å². The van der Waals surface area contributed by atoms with Crippen molar-refractivity contribution in [1.82, 2.24) is 0 Å². The maximum atomic E-state index is 13.3. The van der Waals surface area contributed by atoms with Crippen molar-refractivity contribution in [3.05, 3.63) is 42.2 Å². The van der Waals surface area contributed by atoms with Gasteiger partial charge < -0.3 is 18.9 Å². The van der Waals surface area contributed by atoms with Crippen LogP contribution < -0.4 is 4.74 Å². The van der Waals surface area contributed by atoms with Gasteiger partial charge in [-0.05, 0) is 13.0 Å². The van der Waals surface area contributed by atoms with E-state index in [4.69, 9.17) is 13.8 Å². The van der Waals surface area contributed by atoms with E-state index in [1.807, 2.05) is 13.8 Å². The minimum atomic E-state index is -3.62. The van der Waals surface area contributed by atoms with Gasteiger partial charge in [0.05, 0.1) is 13.2 Å². The molecule has 2 atom stereocenters. The van der Waals surface area contributed by atoms with Crippen LogP contribution in [-0.2, 0) is 13.6 Å². The van der Waals surface area contributed by atoms with E-state index in [0.717, 1.165) is 0 Å². The first kappa shape index (κ1) is 15.8. The number of para-hydroxylation sites is 1.